The maximum atomic E-state index is 13.6. The third kappa shape index (κ3) is 5.80. The van der Waals surface area contributed by atoms with E-state index in [1.807, 2.05) is 18.2 Å². The molecule has 3 rings (SSSR count). The van der Waals surface area contributed by atoms with Gasteiger partial charge in [-0.25, -0.2) is 4.39 Å². The van der Waals surface area contributed by atoms with Gasteiger partial charge in [-0.05, 0) is 43.1 Å². The number of nitrogens with zero attached hydrogens (tertiary/aromatic N) is 1. The zero-order valence-corrected chi connectivity index (χ0v) is 16.5. The Morgan fingerprint density at radius 2 is 1.75 bits per heavy atom. The third-order valence-electron chi connectivity index (χ3n) is 5.41. The number of ether oxygens (including phenoxy) is 1. The Labute approximate surface area is 166 Å². The van der Waals surface area contributed by atoms with Crippen molar-refractivity contribution in [1.29, 1.82) is 0 Å². The normalized spacial score (nSPS) is 14.8. The molecule has 4 nitrogen and oxygen atoms in total. The first-order valence-corrected chi connectivity index (χ1v) is 10.0. The van der Waals surface area contributed by atoms with Crippen molar-refractivity contribution in [2.45, 2.75) is 51.2 Å². The molecule has 0 aromatic heterocycles. The Balaban J connectivity index is 1.51. The molecule has 0 radical (unpaired) electrons. The topological polar surface area (TPSA) is 41.6 Å². The second kappa shape index (κ2) is 10.2. The molecule has 0 heterocycles. The lowest BCUT2D eigenvalue weighted by atomic mass is 9.94. The van der Waals surface area contributed by atoms with E-state index in [-0.39, 0.29) is 18.3 Å². The van der Waals surface area contributed by atoms with Crippen LogP contribution in [0.2, 0.25) is 0 Å². The van der Waals surface area contributed by atoms with Gasteiger partial charge in [0.05, 0.1) is 0 Å². The van der Waals surface area contributed by atoms with E-state index in [0.717, 1.165) is 12.1 Å². The summed E-state index contributed by atoms with van der Waals surface area (Å²) in [5, 5.41) is 2.88. The predicted molar refractivity (Wildman–Crippen MR) is 109 cm³/mol. The molecule has 1 amide bonds. The van der Waals surface area contributed by atoms with Gasteiger partial charge in [-0.15, -0.1) is 0 Å². The fourth-order valence-corrected chi connectivity index (χ4v) is 3.75. The summed E-state index contributed by atoms with van der Waals surface area (Å²) in [7, 11) is 2.19. The van der Waals surface area contributed by atoms with Gasteiger partial charge in [0.2, 0.25) is 0 Å². The van der Waals surface area contributed by atoms with Gasteiger partial charge in [-0.1, -0.05) is 55.7 Å². The van der Waals surface area contributed by atoms with Gasteiger partial charge < -0.3 is 10.1 Å². The summed E-state index contributed by atoms with van der Waals surface area (Å²) < 4.78 is 18.8. The Morgan fingerprint density at radius 3 is 2.50 bits per heavy atom. The number of para-hydroxylation sites is 1. The van der Waals surface area contributed by atoms with Crippen LogP contribution in [0.4, 0.5) is 4.39 Å². The number of amides is 1. The fourth-order valence-electron chi connectivity index (χ4n) is 3.75. The van der Waals surface area contributed by atoms with Gasteiger partial charge in [0.25, 0.3) is 5.91 Å². The summed E-state index contributed by atoms with van der Waals surface area (Å²) in [6.07, 6.45) is 6.51. The second-order valence-corrected chi connectivity index (χ2v) is 7.47. The molecule has 0 unspecified atom stereocenters. The smallest absolute Gasteiger partial charge is 0.258 e. The first-order valence-electron chi connectivity index (χ1n) is 10.0. The van der Waals surface area contributed by atoms with Crippen LogP contribution in [-0.2, 0) is 17.9 Å². The molecular weight excluding hydrogens is 355 g/mol. The van der Waals surface area contributed by atoms with Gasteiger partial charge in [-0.2, -0.15) is 0 Å². The minimum absolute atomic E-state index is 0.0900. The number of rotatable bonds is 8. The number of benzene rings is 2. The molecule has 1 fully saturated rings. The lowest BCUT2D eigenvalue weighted by molar-refractivity contribution is -0.123. The van der Waals surface area contributed by atoms with Crippen molar-refractivity contribution in [2.24, 2.45) is 0 Å². The van der Waals surface area contributed by atoms with Crippen LogP contribution in [0, 0.1) is 5.82 Å². The minimum Gasteiger partial charge on any atom is -0.481 e. The highest BCUT2D eigenvalue weighted by Gasteiger charge is 2.18. The van der Waals surface area contributed by atoms with Crippen LogP contribution in [0.25, 0.3) is 0 Å². The quantitative estimate of drug-likeness (QED) is 0.738. The van der Waals surface area contributed by atoms with Crippen LogP contribution < -0.4 is 10.1 Å². The van der Waals surface area contributed by atoms with E-state index >= 15 is 0 Å². The van der Waals surface area contributed by atoms with Crippen molar-refractivity contribution < 1.29 is 13.9 Å². The molecule has 2 aromatic carbocycles. The van der Waals surface area contributed by atoms with E-state index in [1.54, 1.807) is 12.1 Å². The standard InChI is InChI=1S/C23H29FN2O2/c1-26(20-11-3-2-4-12-20)16-19-10-6-5-9-18(19)15-25-23(27)17-28-22-14-8-7-13-21(22)24/h5-10,13-14,20H,2-4,11-12,15-17H2,1H3,(H,25,27). The Bertz CT molecular complexity index is 775. The molecule has 150 valence electrons. The van der Waals surface area contributed by atoms with Crippen LogP contribution in [0.1, 0.15) is 43.2 Å². The average Bonchev–Trinajstić information content (AvgIpc) is 2.73. The highest BCUT2D eigenvalue weighted by molar-refractivity contribution is 5.77. The first-order chi connectivity index (χ1) is 13.6. The fraction of sp³-hybridized carbons (Fsp3) is 0.435. The number of carbonyl (C=O) groups excluding carboxylic acids is 1. The number of halogens is 1. The molecular formula is C23H29FN2O2. The molecule has 1 saturated carbocycles. The monoisotopic (exact) mass is 384 g/mol. The van der Waals surface area contributed by atoms with Crippen molar-refractivity contribution in [2.75, 3.05) is 13.7 Å². The van der Waals surface area contributed by atoms with Crippen LogP contribution >= 0.6 is 0 Å². The molecule has 2 aromatic rings. The van der Waals surface area contributed by atoms with E-state index in [0.29, 0.717) is 12.6 Å². The van der Waals surface area contributed by atoms with Crippen LogP contribution in [-0.4, -0.2) is 30.5 Å². The summed E-state index contributed by atoms with van der Waals surface area (Å²) in [5.41, 5.74) is 2.33. The lowest BCUT2D eigenvalue weighted by Gasteiger charge is -2.31. The van der Waals surface area contributed by atoms with Crippen LogP contribution in [0.3, 0.4) is 0 Å². The van der Waals surface area contributed by atoms with E-state index < -0.39 is 5.82 Å². The van der Waals surface area contributed by atoms with Gasteiger partial charge in [0, 0.05) is 19.1 Å². The van der Waals surface area contributed by atoms with Crippen molar-refractivity contribution >= 4 is 5.91 Å². The van der Waals surface area contributed by atoms with Crippen molar-refractivity contribution in [3.63, 3.8) is 0 Å². The molecule has 1 aliphatic carbocycles. The lowest BCUT2D eigenvalue weighted by Crippen LogP contribution is -2.33. The number of hydrogen-bond donors (Lipinski definition) is 1. The molecule has 5 heteroatoms. The zero-order valence-electron chi connectivity index (χ0n) is 16.5. The van der Waals surface area contributed by atoms with E-state index in [1.165, 1.54) is 49.8 Å². The molecule has 0 spiro atoms. The molecule has 1 N–H and O–H groups in total. The van der Waals surface area contributed by atoms with Gasteiger partial charge >= 0.3 is 0 Å². The highest BCUT2D eigenvalue weighted by atomic mass is 19.1. The number of carbonyl (C=O) groups is 1. The Hall–Kier alpha value is -2.40. The van der Waals surface area contributed by atoms with E-state index in [9.17, 15) is 9.18 Å². The number of nitrogens with one attached hydrogen (secondary N) is 1. The molecule has 0 aliphatic heterocycles. The summed E-state index contributed by atoms with van der Waals surface area (Å²) in [4.78, 5) is 14.5. The summed E-state index contributed by atoms with van der Waals surface area (Å²) >= 11 is 0. The van der Waals surface area contributed by atoms with E-state index in [2.05, 4.69) is 23.3 Å². The van der Waals surface area contributed by atoms with Crippen molar-refractivity contribution in [1.82, 2.24) is 10.2 Å². The van der Waals surface area contributed by atoms with Crippen LogP contribution in [0.15, 0.2) is 48.5 Å². The Morgan fingerprint density at radius 1 is 1.07 bits per heavy atom. The maximum Gasteiger partial charge on any atom is 0.258 e. The van der Waals surface area contributed by atoms with Crippen molar-refractivity contribution in [3.05, 3.63) is 65.5 Å². The van der Waals surface area contributed by atoms with Gasteiger partial charge in [-0.3, -0.25) is 9.69 Å². The second-order valence-electron chi connectivity index (χ2n) is 7.47. The molecule has 28 heavy (non-hydrogen) atoms. The SMILES string of the molecule is CN(Cc1ccccc1CNC(=O)COc1ccccc1F)C1CCCCC1. The maximum absolute atomic E-state index is 13.6. The predicted octanol–water partition coefficient (Wildman–Crippen LogP) is 4.29. The molecule has 0 atom stereocenters. The van der Waals surface area contributed by atoms with Crippen molar-refractivity contribution in [3.8, 4) is 5.75 Å². The largest absolute Gasteiger partial charge is 0.481 e. The van der Waals surface area contributed by atoms with Gasteiger partial charge in [0.1, 0.15) is 0 Å². The summed E-state index contributed by atoms with van der Waals surface area (Å²) in [5.74, 6) is -0.641. The number of hydrogen-bond acceptors (Lipinski definition) is 3. The van der Waals surface area contributed by atoms with Gasteiger partial charge in [0.15, 0.2) is 18.2 Å². The molecule has 0 saturated heterocycles. The minimum atomic E-state index is -0.466. The average molecular weight is 384 g/mol. The Kier molecular flexibility index (Phi) is 7.43. The molecule has 0 bridgehead atoms. The first kappa shape index (κ1) is 20.3. The summed E-state index contributed by atoms with van der Waals surface area (Å²) in [6.45, 7) is 1.11. The zero-order chi connectivity index (χ0) is 19.8. The highest BCUT2D eigenvalue weighted by Crippen LogP contribution is 2.23. The third-order valence-corrected chi connectivity index (χ3v) is 5.41. The summed E-state index contributed by atoms with van der Waals surface area (Å²) in [6, 6.07) is 14.9. The van der Waals surface area contributed by atoms with Crippen LogP contribution in [0.5, 0.6) is 5.75 Å². The molecule has 1 aliphatic rings. The van der Waals surface area contributed by atoms with E-state index in [4.69, 9.17) is 4.74 Å².